The number of anilines is 1. The predicted octanol–water partition coefficient (Wildman–Crippen LogP) is 2.82. The molecule has 3 nitrogen and oxygen atoms in total. The molecule has 0 amide bonds. The van der Waals surface area contributed by atoms with Crippen LogP contribution in [0.2, 0.25) is 0 Å². The van der Waals surface area contributed by atoms with E-state index in [9.17, 15) is 4.79 Å². The van der Waals surface area contributed by atoms with Gasteiger partial charge in [-0.1, -0.05) is 23.8 Å². The molecule has 0 atom stereocenters. The Hall–Kier alpha value is -2.29. The highest BCUT2D eigenvalue weighted by molar-refractivity contribution is 6.11. The van der Waals surface area contributed by atoms with Crippen LogP contribution in [0, 0.1) is 6.92 Å². The molecule has 0 bridgehead atoms. The van der Waals surface area contributed by atoms with E-state index < -0.39 is 0 Å². The van der Waals surface area contributed by atoms with Crippen molar-refractivity contribution in [3.05, 3.63) is 59.2 Å². The molecule has 0 saturated carbocycles. The summed E-state index contributed by atoms with van der Waals surface area (Å²) in [7, 11) is 1.56. The lowest BCUT2D eigenvalue weighted by Gasteiger charge is -2.09. The summed E-state index contributed by atoms with van der Waals surface area (Å²) in [6.07, 6.45) is 0. The standard InChI is InChI=1S/C15H15NO2/c1-10-6-7-14(18-2)13(8-10)15(17)11-4-3-5-12(16)9-11/h3-9H,16H2,1-2H3. The number of benzene rings is 2. The first-order valence-corrected chi connectivity index (χ1v) is 5.66. The van der Waals surface area contributed by atoms with Crippen LogP contribution in [-0.2, 0) is 0 Å². The first-order valence-electron chi connectivity index (χ1n) is 5.66. The van der Waals surface area contributed by atoms with Gasteiger partial charge in [-0.15, -0.1) is 0 Å². The second-order valence-electron chi connectivity index (χ2n) is 4.16. The number of ether oxygens (including phenoxy) is 1. The Morgan fingerprint density at radius 2 is 1.94 bits per heavy atom. The van der Waals surface area contributed by atoms with Gasteiger partial charge in [0.15, 0.2) is 5.78 Å². The summed E-state index contributed by atoms with van der Waals surface area (Å²) >= 11 is 0. The maximum absolute atomic E-state index is 12.4. The predicted molar refractivity (Wildman–Crippen MR) is 72.0 cm³/mol. The van der Waals surface area contributed by atoms with Gasteiger partial charge in [0, 0.05) is 11.3 Å². The van der Waals surface area contributed by atoms with E-state index in [4.69, 9.17) is 10.5 Å². The fourth-order valence-corrected chi connectivity index (χ4v) is 1.83. The highest BCUT2D eigenvalue weighted by atomic mass is 16.5. The summed E-state index contributed by atoms with van der Waals surface area (Å²) in [4.78, 5) is 12.4. The van der Waals surface area contributed by atoms with E-state index in [0.29, 0.717) is 22.6 Å². The van der Waals surface area contributed by atoms with Crippen LogP contribution in [0.15, 0.2) is 42.5 Å². The van der Waals surface area contributed by atoms with Gasteiger partial charge in [-0.25, -0.2) is 0 Å². The van der Waals surface area contributed by atoms with Crippen LogP contribution in [-0.4, -0.2) is 12.9 Å². The van der Waals surface area contributed by atoms with Crippen molar-refractivity contribution in [2.75, 3.05) is 12.8 Å². The third-order valence-corrected chi connectivity index (χ3v) is 2.75. The molecule has 3 heteroatoms. The van der Waals surface area contributed by atoms with E-state index in [1.807, 2.05) is 19.1 Å². The van der Waals surface area contributed by atoms with Crippen molar-refractivity contribution >= 4 is 11.5 Å². The number of aryl methyl sites for hydroxylation is 1. The van der Waals surface area contributed by atoms with Crippen molar-refractivity contribution in [2.45, 2.75) is 6.92 Å². The fraction of sp³-hybridized carbons (Fsp3) is 0.133. The lowest BCUT2D eigenvalue weighted by atomic mass is 10.0. The van der Waals surface area contributed by atoms with Crippen molar-refractivity contribution < 1.29 is 9.53 Å². The monoisotopic (exact) mass is 241 g/mol. The Balaban J connectivity index is 2.48. The van der Waals surface area contributed by atoms with E-state index in [1.165, 1.54) is 0 Å². The van der Waals surface area contributed by atoms with Gasteiger partial charge in [-0.2, -0.15) is 0 Å². The Morgan fingerprint density at radius 1 is 1.17 bits per heavy atom. The molecule has 0 aromatic heterocycles. The van der Waals surface area contributed by atoms with Gasteiger partial charge in [-0.05, 0) is 31.2 Å². The van der Waals surface area contributed by atoms with Crippen molar-refractivity contribution in [1.29, 1.82) is 0 Å². The molecular weight excluding hydrogens is 226 g/mol. The lowest BCUT2D eigenvalue weighted by Crippen LogP contribution is -2.05. The van der Waals surface area contributed by atoms with Gasteiger partial charge in [-0.3, -0.25) is 4.79 Å². The minimum atomic E-state index is -0.0807. The molecule has 0 spiro atoms. The largest absolute Gasteiger partial charge is 0.496 e. The molecule has 18 heavy (non-hydrogen) atoms. The Labute approximate surface area is 106 Å². The number of carbonyl (C=O) groups excluding carboxylic acids is 1. The quantitative estimate of drug-likeness (QED) is 0.664. The Morgan fingerprint density at radius 3 is 2.61 bits per heavy atom. The average Bonchev–Trinajstić information content (AvgIpc) is 2.38. The summed E-state index contributed by atoms with van der Waals surface area (Å²) in [6, 6.07) is 12.5. The molecule has 0 unspecified atom stereocenters. The molecule has 0 heterocycles. The summed E-state index contributed by atoms with van der Waals surface area (Å²) in [5.41, 5.74) is 8.41. The molecule has 2 rings (SSSR count). The molecule has 2 aromatic carbocycles. The topological polar surface area (TPSA) is 52.3 Å². The number of carbonyl (C=O) groups is 1. The van der Waals surface area contributed by atoms with Gasteiger partial charge in [0.1, 0.15) is 5.75 Å². The van der Waals surface area contributed by atoms with E-state index in [2.05, 4.69) is 0 Å². The molecule has 2 N–H and O–H groups in total. The zero-order chi connectivity index (χ0) is 13.1. The average molecular weight is 241 g/mol. The number of methoxy groups -OCH3 is 1. The SMILES string of the molecule is COc1ccc(C)cc1C(=O)c1cccc(N)c1. The maximum atomic E-state index is 12.4. The first-order chi connectivity index (χ1) is 8.61. The smallest absolute Gasteiger partial charge is 0.196 e. The molecule has 0 aliphatic heterocycles. The molecule has 92 valence electrons. The van der Waals surface area contributed by atoms with E-state index in [0.717, 1.165) is 5.56 Å². The van der Waals surface area contributed by atoms with Gasteiger partial charge in [0.2, 0.25) is 0 Å². The number of hydrogen-bond donors (Lipinski definition) is 1. The third-order valence-electron chi connectivity index (χ3n) is 2.75. The van der Waals surface area contributed by atoms with Crippen molar-refractivity contribution in [1.82, 2.24) is 0 Å². The lowest BCUT2D eigenvalue weighted by molar-refractivity contribution is 0.103. The van der Waals surface area contributed by atoms with Crippen LogP contribution < -0.4 is 10.5 Å². The maximum Gasteiger partial charge on any atom is 0.196 e. The molecule has 2 aromatic rings. The van der Waals surface area contributed by atoms with Gasteiger partial charge in [0.25, 0.3) is 0 Å². The van der Waals surface area contributed by atoms with Gasteiger partial charge < -0.3 is 10.5 Å². The molecule has 0 saturated heterocycles. The zero-order valence-electron chi connectivity index (χ0n) is 10.4. The fourth-order valence-electron chi connectivity index (χ4n) is 1.83. The summed E-state index contributed by atoms with van der Waals surface area (Å²) in [5.74, 6) is 0.496. The number of nitrogens with two attached hydrogens (primary N) is 1. The van der Waals surface area contributed by atoms with Crippen molar-refractivity contribution in [3.63, 3.8) is 0 Å². The van der Waals surface area contributed by atoms with Crippen LogP contribution in [0.5, 0.6) is 5.75 Å². The number of nitrogen functional groups attached to an aromatic ring is 1. The highest BCUT2D eigenvalue weighted by Gasteiger charge is 2.14. The number of ketones is 1. The normalized spacial score (nSPS) is 10.1. The van der Waals surface area contributed by atoms with Gasteiger partial charge in [0.05, 0.1) is 12.7 Å². The number of hydrogen-bond acceptors (Lipinski definition) is 3. The van der Waals surface area contributed by atoms with Crippen LogP contribution in [0.3, 0.4) is 0 Å². The second kappa shape index (κ2) is 4.92. The Bertz CT molecular complexity index is 591. The van der Waals surface area contributed by atoms with Crippen LogP contribution >= 0.6 is 0 Å². The molecule has 0 aliphatic carbocycles. The molecule has 0 aliphatic rings. The minimum absolute atomic E-state index is 0.0807. The van der Waals surface area contributed by atoms with E-state index in [1.54, 1.807) is 37.4 Å². The van der Waals surface area contributed by atoms with Crippen molar-refractivity contribution in [2.24, 2.45) is 0 Å². The number of rotatable bonds is 3. The van der Waals surface area contributed by atoms with Crippen LogP contribution in [0.1, 0.15) is 21.5 Å². The first kappa shape index (κ1) is 12.2. The van der Waals surface area contributed by atoms with Gasteiger partial charge >= 0.3 is 0 Å². The molecule has 0 fully saturated rings. The summed E-state index contributed by atoms with van der Waals surface area (Å²) in [6.45, 7) is 1.94. The van der Waals surface area contributed by atoms with Crippen LogP contribution in [0.25, 0.3) is 0 Å². The second-order valence-corrected chi connectivity index (χ2v) is 4.16. The van der Waals surface area contributed by atoms with Crippen LogP contribution in [0.4, 0.5) is 5.69 Å². The highest BCUT2D eigenvalue weighted by Crippen LogP contribution is 2.23. The zero-order valence-corrected chi connectivity index (χ0v) is 10.4. The summed E-state index contributed by atoms with van der Waals surface area (Å²) < 4.78 is 5.22. The van der Waals surface area contributed by atoms with E-state index >= 15 is 0 Å². The molecule has 0 radical (unpaired) electrons. The van der Waals surface area contributed by atoms with Crippen molar-refractivity contribution in [3.8, 4) is 5.75 Å². The Kier molecular flexibility index (Phi) is 3.33. The molecular formula is C15H15NO2. The minimum Gasteiger partial charge on any atom is -0.496 e. The summed E-state index contributed by atoms with van der Waals surface area (Å²) in [5, 5.41) is 0. The van der Waals surface area contributed by atoms with E-state index in [-0.39, 0.29) is 5.78 Å². The third kappa shape index (κ3) is 2.35.